The Balaban J connectivity index is 1.81. The van der Waals surface area contributed by atoms with E-state index in [0.717, 1.165) is 11.1 Å². The Morgan fingerprint density at radius 3 is 2.25 bits per heavy atom. The van der Waals surface area contributed by atoms with Gasteiger partial charge in [-0.2, -0.15) is 0 Å². The van der Waals surface area contributed by atoms with Crippen molar-refractivity contribution in [3.8, 4) is 0 Å². The summed E-state index contributed by atoms with van der Waals surface area (Å²) in [6, 6.07) is 19.7. The standard InChI is InChI=1S/C18H14O2/c19-18-16(11-14-7-3-1-4-8-14)13-17(20-18)12-15-9-5-2-6-10-15/h1-11,13H,12H2/b16-11+. The fraction of sp³-hybridized carbons (Fsp3) is 0.0556. The lowest BCUT2D eigenvalue weighted by molar-refractivity contribution is -0.133. The maximum Gasteiger partial charge on any atom is 0.343 e. The normalized spacial score (nSPS) is 16.1. The number of carbonyl (C=O) groups is 1. The second-order valence-corrected chi connectivity index (χ2v) is 4.67. The van der Waals surface area contributed by atoms with Crippen LogP contribution in [0.1, 0.15) is 11.1 Å². The van der Waals surface area contributed by atoms with Crippen LogP contribution in [-0.2, 0) is 16.0 Å². The van der Waals surface area contributed by atoms with Gasteiger partial charge in [-0.1, -0.05) is 60.7 Å². The van der Waals surface area contributed by atoms with Crippen LogP contribution < -0.4 is 0 Å². The number of hydrogen-bond acceptors (Lipinski definition) is 2. The molecule has 2 nitrogen and oxygen atoms in total. The van der Waals surface area contributed by atoms with Gasteiger partial charge in [0.25, 0.3) is 0 Å². The quantitative estimate of drug-likeness (QED) is 0.622. The highest BCUT2D eigenvalue weighted by Gasteiger charge is 2.20. The molecule has 1 aliphatic heterocycles. The van der Waals surface area contributed by atoms with E-state index < -0.39 is 0 Å². The van der Waals surface area contributed by atoms with Crippen molar-refractivity contribution in [2.45, 2.75) is 6.42 Å². The molecule has 3 rings (SSSR count). The molecule has 0 saturated carbocycles. The van der Waals surface area contributed by atoms with Crippen LogP contribution in [0.2, 0.25) is 0 Å². The van der Waals surface area contributed by atoms with Gasteiger partial charge in [-0.3, -0.25) is 0 Å². The highest BCUT2D eigenvalue weighted by Crippen LogP contribution is 2.22. The van der Waals surface area contributed by atoms with E-state index >= 15 is 0 Å². The molecule has 0 aromatic heterocycles. The van der Waals surface area contributed by atoms with Crippen LogP contribution in [0.4, 0.5) is 0 Å². The molecule has 20 heavy (non-hydrogen) atoms. The minimum Gasteiger partial charge on any atom is -0.427 e. The van der Waals surface area contributed by atoms with Crippen molar-refractivity contribution in [3.05, 3.63) is 89.2 Å². The summed E-state index contributed by atoms with van der Waals surface area (Å²) in [4.78, 5) is 11.8. The molecule has 0 fully saturated rings. The van der Waals surface area contributed by atoms with Crippen molar-refractivity contribution in [1.82, 2.24) is 0 Å². The highest BCUT2D eigenvalue weighted by atomic mass is 16.5. The van der Waals surface area contributed by atoms with E-state index in [1.54, 1.807) is 0 Å². The number of ether oxygens (including phenoxy) is 1. The second kappa shape index (κ2) is 5.57. The molecule has 0 radical (unpaired) electrons. The van der Waals surface area contributed by atoms with Crippen LogP contribution in [0.3, 0.4) is 0 Å². The van der Waals surface area contributed by atoms with Crippen molar-refractivity contribution < 1.29 is 9.53 Å². The summed E-state index contributed by atoms with van der Waals surface area (Å²) in [6.07, 6.45) is 4.31. The average molecular weight is 262 g/mol. The molecule has 0 spiro atoms. The van der Waals surface area contributed by atoms with Crippen molar-refractivity contribution in [2.24, 2.45) is 0 Å². The first kappa shape index (κ1) is 12.4. The zero-order valence-electron chi connectivity index (χ0n) is 11.0. The van der Waals surface area contributed by atoms with Gasteiger partial charge in [0.1, 0.15) is 5.76 Å². The van der Waals surface area contributed by atoms with Crippen LogP contribution in [-0.4, -0.2) is 5.97 Å². The third-order valence-electron chi connectivity index (χ3n) is 3.12. The molecule has 2 heteroatoms. The van der Waals surface area contributed by atoms with E-state index in [4.69, 9.17) is 4.74 Å². The van der Waals surface area contributed by atoms with Crippen LogP contribution >= 0.6 is 0 Å². The molecule has 0 aliphatic carbocycles. The summed E-state index contributed by atoms with van der Waals surface area (Å²) in [5.74, 6) is 0.420. The maximum absolute atomic E-state index is 11.8. The summed E-state index contributed by atoms with van der Waals surface area (Å²) < 4.78 is 5.30. The number of cyclic esters (lactones) is 1. The molecule has 2 aromatic rings. The molecule has 2 aromatic carbocycles. The largest absolute Gasteiger partial charge is 0.427 e. The van der Waals surface area contributed by atoms with Crippen LogP contribution in [0.25, 0.3) is 6.08 Å². The van der Waals surface area contributed by atoms with Crippen molar-refractivity contribution in [2.75, 3.05) is 0 Å². The highest BCUT2D eigenvalue weighted by molar-refractivity contribution is 5.99. The van der Waals surface area contributed by atoms with E-state index in [-0.39, 0.29) is 5.97 Å². The first-order valence-electron chi connectivity index (χ1n) is 6.55. The minimum absolute atomic E-state index is 0.278. The van der Waals surface area contributed by atoms with Gasteiger partial charge in [-0.15, -0.1) is 0 Å². The van der Waals surface area contributed by atoms with Gasteiger partial charge in [0.15, 0.2) is 0 Å². The fourth-order valence-corrected chi connectivity index (χ4v) is 2.15. The molecule has 1 aliphatic rings. The smallest absolute Gasteiger partial charge is 0.343 e. The fourth-order valence-electron chi connectivity index (χ4n) is 2.15. The van der Waals surface area contributed by atoms with Crippen molar-refractivity contribution in [1.29, 1.82) is 0 Å². The maximum atomic E-state index is 11.8. The monoisotopic (exact) mass is 262 g/mol. The molecular formula is C18H14O2. The third-order valence-corrected chi connectivity index (χ3v) is 3.12. The Bertz CT molecular complexity index is 667. The van der Waals surface area contributed by atoms with Crippen LogP contribution in [0.5, 0.6) is 0 Å². The molecule has 0 amide bonds. The summed E-state index contributed by atoms with van der Waals surface area (Å²) in [5.41, 5.74) is 2.73. The van der Waals surface area contributed by atoms with E-state index in [9.17, 15) is 4.79 Å². The Morgan fingerprint density at radius 1 is 0.900 bits per heavy atom. The summed E-state index contributed by atoms with van der Waals surface area (Å²) >= 11 is 0. The Kier molecular flexibility index (Phi) is 3.46. The first-order valence-corrected chi connectivity index (χ1v) is 6.55. The van der Waals surface area contributed by atoms with Gasteiger partial charge in [0.2, 0.25) is 0 Å². The molecular weight excluding hydrogens is 248 g/mol. The van der Waals surface area contributed by atoms with E-state index in [0.29, 0.717) is 17.8 Å². The van der Waals surface area contributed by atoms with Gasteiger partial charge in [-0.25, -0.2) is 4.79 Å². The van der Waals surface area contributed by atoms with Gasteiger partial charge in [0, 0.05) is 6.42 Å². The summed E-state index contributed by atoms with van der Waals surface area (Å²) in [6.45, 7) is 0. The van der Waals surface area contributed by atoms with E-state index in [1.165, 1.54) is 0 Å². The van der Waals surface area contributed by atoms with Crippen LogP contribution in [0.15, 0.2) is 78.1 Å². The van der Waals surface area contributed by atoms with Gasteiger partial charge in [0.05, 0.1) is 5.57 Å². The lowest BCUT2D eigenvalue weighted by atomic mass is 10.1. The molecule has 0 bridgehead atoms. The molecule has 1 heterocycles. The Morgan fingerprint density at radius 2 is 1.55 bits per heavy atom. The molecule has 98 valence electrons. The lowest BCUT2D eigenvalue weighted by Crippen LogP contribution is -1.98. The van der Waals surface area contributed by atoms with Crippen molar-refractivity contribution >= 4 is 12.0 Å². The lowest BCUT2D eigenvalue weighted by Gasteiger charge is -2.01. The number of rotatable bonds is 3. The summed E-state index contributed by atoms with van der Waals surface area (Å²) in [7, 11) is 0. The Labute approximate surface area is 118 Å². The molecule has 0 atom stereocenters. The second-order valence-electron chi connectivity index (χ2n) is 4.67. The van der Waals surface area contributed by atoms with Crippen LogP contribution in [0, 0.1) is 0 Å². The number of hydrogen-bond donors (Lipinski definition) is 0. The van der Waals surface area contributed by atoms with Gasteiger partial charge < -0.3 is 4.74 Å². The number of esters is 1. The predicted octanol–water partition coefficient (Wildman–Crippen LogP) is 3.75. The number of carbonyl (C=O) groups excluding carboxylic acids is 1. The predicted molar refractivity (Wildman–Crippen MR) is 78.7 cm³/mol. The average Bonchev–Trinajstić information content (AvgIpc) is 2.81. The van der Waals surface area contributed by atoms with Gasteiger partial charge >= 0.3 is 5.97 Å². The first-order chi connectivity index (χ1) is 9.81. The molecule has 0 N–H and O–H groups in total. The topological polar surface area (TPSA) is 26.3 Å². The van der Waals surface area contributed by atoms with E-state index in [1.807, 2.05) is 72.8 Å². The van der Waals surface area contributed by atoms with Crippen molar-refractivity contribution in [3.63, 3.8) is 0 Å². The Hall–Kier alpha value is -2.61. The van der Waals surface area contributed by atoms with Gasteiger partial charge in [-0.05, 0) is 23.3 Å². The number of allylic oxidation sites excluding steroid dienone is 1. The SMILES string of the molecule is O=C1OC(Cc2ccccc2)=C/C1=C\c1ccccc1. The minimum atomic E-state index is -0.278. The zero-order chi connectivity index (χ0) is 13.8. The molecule has 0 unspecified atom stereocenters. The zero-order valence-corrected chi connectivity index (χ0v) is 11.0. The third kappa shape index (κ3) is 2.86. The van der Waals surface area contributed by atoms with E-state index in [2.05, 4.69) is 0 Å². The summed E-state index contributed by atoms with van der Waals surface area (Å²) in [5, 5.41) is 0. The number of benzene rings is 2. The molecule has 0 saturated heterocycles.